The second kappa shape index (κ2) is 7.05. The Labute approximate surface area is 138 Å². The van der Waals surface area contributed by atoms with Crippen molar-refractivity contribution in [2.24, 2.45) is 5.14 Å². The summed E-state index contributed by atoms with van der Waals surface area (Å²) in [6, 6.07) is 2.81. The van der Waals surface area contributed by atoms with Gasteiger partial charge in [0.2, 0.25) is 21.8 Å². The number of aromatic nitrogens is 2. The van der Waals surface area contributed by atoms with Gasteiger partial charge < -0.3 is 9.32 Å². The molecule has 0 aliphatic heterocycles. The molecule has 0 aliphatic carbocycles. The van der Waals surface area contributed by atoms with Gasteiger partial charge in [0, 0.05) is 13.0 Å². The Bertz CT molecular complexity index is 850. The monoisotopic (exact) mass is 356 g/mol. The van der Waals surface area contributed by atoms with E-state index in [1.165, 1.54) is 4.90 Å². The molecule has 0 saturated heterocycles. The molecule has 0 bridgehead atoms. The van der Waals surface area contributed by atoms with Crippen molar-refractivity contribution in [2.75, 3.05) is 6.54 Å². The summed E-state index contributed by atoms with van der Waals surface area (Å²) in [5.41, 5.74) is -0.390. The first-order valence-electron chi connectivity index (χ1n) is 7.19. The highest BCUT2D eigenvalue weighted by molar-refractivity contribution is 7.89. The van der Waals surface area contributed by atoms with Crippen LogP contribution in [0.25, 0.3) is 0 Å². The Morgan fingerprint density at radius 3 is 2.50 bits per heavy atom. The van der Waals surface area contributed by atoms with Crippen molar-refractivity contribution in [3.8, 4) is 0 Å². The number of sulfonamides is 1. The Morgan fingerprint density at radius 2 is 1.96 bits per heavy atom. The second-order valence-corrected chi connectivity index (χ2v) is 6.51. The number of nitrogens with two attached hydrogens (primary N) is 1. The van der Waals surface area contributed by atoms with E-state index in [4.69, 9.17) is 9.56 Å². The zero-order valence-corrected chi connectivity index (χ0v) is 14.0. The number of rotatable bonds is 6. The lowest BCUT2D eigenvalue weighted by atomic mass is 10.2. The quantitative estimate of drug-likeness (QED) is 0.827. The molecule has 2 N–H and O–H groups in total. The average molecular weight is 356 g/mol. The van der Waals surface area contributed by atoms with Crippen LogP contribution in [-0.4, -0.2) is 36.0 Å². The summed E-state index contributed by atoms with van der Waals surface area (Å²) < 4.78 is 42.1. The number of aryl methyl sites for hydroxylation is 1. The van der Waals surface area contributed by atoms with Crippen LogP contribution in [0.1, 0.15) is 36.0 Å². The SMILES string of the molecule is CCc1nnc(CN(CC)C(=O)c2cc(S(N)(=O)=O)ccc2F)o1. The summed E-state index contributed by atoms with van der Waals surface area (Å²) in [7, 11) is -4.05. The average Bonchev–Trinajstić information content (AvgIpc) is 2.99. The lowest BCUT2D eigenvalue weighted by Crippen LogP contribution is -2.31. The number of carbonyl (C=O) groups is 1. The first-order chi connectivity index (χ1) is 11.3. The van der Waals surface area contributed by atoms with Gasteiger partial charge in [-0.2, -0.15) is 0 Å². The first kappa shape index (κ1) is 18.0. The van der Waals surface area contributed by atoms with Crippen LogP contribution >= 0.6 is 0 Å². The molecule has 0 aliphatic rings. The fourth-order valence-corrected chi connectivity index (χ4v) is 2.54. The molecule has 0 spiro atoms. The lowest BCUT2D eigenvalue weighted by molar-refractivity contribution is 0.0732. The number of primary sulfonamides is 1. The normalized spacial score (nSPS) is 11.5. The molecule has 1 aromatic carbocycles. The predicted molar refractivity (Wildman–Crippen MR) is 81.9 cm³/mol. The summed E-state index contributed by atoms with van der Waals surface area (Å²) in [5.74, 6) is -0.900. The molecule has 130 valence electrons. The van der Waals surface area contributed by atoms with Gasteiger partial charge in [0.15, 0.2) is 0 Å². The Hall–Kier alpha value is -2.33. The fourth-order valence-electron chi connectivity index (χ4n) is 2.00. The Kier molecular flexibility index (Phi) is 5.30. The van der Waals surface area contributed by atoms with Gasteiger partial charge in [-0.3, -0.25) is 4.79 Å². The lowest BCUT2D eigenvalue weighted by Gasteiger charge is -2.19. The van der Waals surface area contributed by atoms with Crippen molar-refractivity contribution in [1.29, 1.82) is 0 Å². The minimum Gasteiger partial charge on any atom is -0.423 e. The second-order valence-electron chi connectivity index (χ2n) is 4.95. The van der Waals surface area contributed by atoms with Crippen molar-refractivity contribution < 1.29 is 22.0 Å². The van der Waals surface area contributed by atoms with Crippen molar-refractivity contribution >= 4 is 15.9 Å². The van der Waals surface area contributed by atoms with Crippen LogP contribution < -0.4 is 5.14 Å². The molecule has 8 nitrogen and oxygen atoms in total. The highest BCUT2D eigenvalue weighted by Gasteiger charge is 2.22. The van der Waals surface area contributed by atoms with Gasteiger partial charge in [0.25, 0.3) is 5.91 Å². The summed E-state index contributed by atoms with van der Waals surface area (Å²) in [6.45, 7) is 3.76. The van der Waals surface area contributed by atoms with Gasteiger partial charge in [0.05, 0.1) is 17.0 Å². The van der Waals surface area contributed by atoms with Crippen LogP contribution in [0, 0.1) is 5.82 Å². The minimum absolute atomic E-state index is 0.0125. The molecule has 0 fully saturated rings. The maximum atomic E-state index is 14.0. The van der Waals surface area contributed by atoms with E-state index in [2.05, 4.69) is 10.2 Å². The van der Waals surface area contributed by atoms with Gasteiger partial charge in [-0.15, -0.1) is 10.2 Å². The molecule has 1 aromatic heterocycles. The molecule has 2 aromatic rings. The Morgan fingerprint density at radius 1 is 1.29 bits per heavy atom. The number of halogens is 1. The van der Waals surface area contributed by atoms with Crippen molar-refractivity contribution in [3.05, 3.63) is 41.4 Å². The van der Waals surface area contributed by atoms with Crippen molar-refractivity contribution in [1.82, 2.24) is 15.1 Å². The molecule has 1 amide bonds. The molecule has 24 heavy (non-hydrogen) atoms. The third-order valence-corrected chi connectivity index (χ3v) is 4.21. The number of nitrogens with zero attached hydrogens (tertiary/aromatic N) is 3. The van der Waals surface area contributed by atoms with Crippen molar-refractivity contribution in [3.63, 3.8) is 0 Å². The highest BCUT2D eigenvalue weighted by Crippen LogP contribution is 2.17. The van der Waals surface area contributed by atoms with E-state index in [1.54, 1.807) is 6.92 Å². The predicted octanol–water partition coefficient (Wildman–Crippen LogP) is 1.08. The van der Waals surface area contributed by atoms with Gasteiger partial charge in [-0.1, -0.05) is 6.92 Å². The Balaban J connectivity index is 2.31. The van der Waals surface area contributed by atoms with Crippen LogP contribution in [0.4, 0.5) is 4.39 Å². The van der Waals surface area contributed by atoms with E-state index >= 15 is 0 Å². The van der Waals surface area contributed by atoms with E-state index in [-0.39, 0.29) is 23.9 Å². The van der Waals surface area contributed by atoms with Crippen LogP contribution in [-0.2, 0) is 23.0 Å². The van der Waals surface area contributed by atoms with Gasteiger partial charge >= 0.3 is 0 Å². The summed E-state index contributed by atoms with van der Waals surface area (Å²) in [4.78, 5) is 13.4. The molecular weight excluding hydrogens is 339 g/mol. The maximum absolute atomic E-state index is 14.0. The third-order valence-electron chi connectivity index (χ3n) is 3.30. The van der Waals surface area contributed by atoms with Crippen LogP contribution in [0.15, 0.2) is 27.5 Å². The van der Waals surface area contributed by atoms with Crippen LogP contribution in [0.5, 0.6) is 0 Å². The molecule has 0 radical (unpaired) electrons. The van der Waals surface area contributed by atoms with Gasteiger partial charge in [0.1, 0.15) is 5.82 Å². The summed E-state index contributed by atoms with van der Waals surface area (Å²) >= 11 is 0. The summed E-state index contributed by atoms with van der Waals surface area (Å²) in [5, 5.41) is 12.6. The standard InChI is InChI=1S/C14H17FN4O4S/c1-3-12-17-18-13(23-12)8-19(4-2)14(20)10-7-9(24(16,21)22)5-6-11(10)15/h5-7H,3-4,8H2,1-2H3,(H2,16,21,22). The van der Waals surface area contributed by atoms with E-state index < -0.39 is 27.3 Å². The number of amides is 1. The minimum atomic E-state index is -4.05. The number of benzene rings is 1. The van der Waals surface area contributed by atoms with Gasteiger partial charge in [-0.25, -0.2) is 17.9 Å². The van der Waals surface area contributed by atoms with Crippen molar-refractivity contribution in [2.45, 2.75) is 31.7 Å². The molecular formula is C14H17FN4O4S. The topological polar surface area (TPSA) is 119 Å². The molecule has 1 heterocycles. The van der Waals surface area contributed by atoms with E-state index in [1.807, 2.05) is 6.92 Å². The molecule has 10 heteroatoms. The highest BCUT2D eigenvalue weighted by atomic mass is 32.2. The zero-order valence-electron chi connectivity index (χ0n) is 13.2. The smallest absolute Gasteiger partial charge is 0.257 e. The molecule has 2 rings (SSSR count). The van der Waals surface area contributed by atoms with Crippen LogP contribution in [0.2, 0.25) is 0 Å². The number of hydrogen-bond donors (Lipinski definition) is 1. The zero-order chi connectivity index (χ0) is 17.9. The molecule has 0 unspecified atom stereocenters. The number of hydrogen-bond acceptors (Lipinski definition) is 6. The van der Waals surface area contributed by atoms with Gasteiger partial charge in [-0.05, 0) is 25.1 Å². The number of carbonyl (C=O) groups excluding carboxylic acids is 1. The first-order valence-corrected chi connectivity index (χ1v) is 8.73. The molecule has 0 atom stereocenters. The van der Waals surface area contributed by atoms with E-state index in [0.29, 0.717) is 12.3 Å². The fraction of sp³-hybridized carbons (Fsp3) is 0.357. The largest absolute Gasteiger partial charge is 0.423 e. The van der Waals surface area contributed by atoms with E-state index in [0.717, 1.165) is 18.2 Å². The van der Waals surface area contributed by atoms with Crippen LogP contribution in [0.3, 0.4) is 0 Å². The summed E-state index contributed by atoms with van der Waals surface area (Å²) in [6.07, 6.45) is 0.554. The van der Waals surface area contributed by atoms with E-state index in [9.17, 15) is 17.6 Å². The maximum Gasteiger partial charge on any atom is 0.257 e. The molecule has 0 saturated carbocycles. The third kappa shape index (κ3) is 3.95.